The Labute approximate surface area is 93.6 Å². The van der Waals surface area contributed by atoms with Crippen molar-refractivity contribution in [3.05, 3.63) is 46.3 Å². The van der Waals surface area contributed by atoms with E-state index >= 15 is 0 Å². The highest BCUT2D eigenvalue weighted by Crippen LogP contribution is 2.22. The number of ether oxygens (including phenoxy) is 2. The number of hydrogen-bond donors (Lipinski definition) is 0. The molecule has 1 saturated heterocycles. The smallest absolute Gasteiger partial charge is 0.106 e. The minimum atomic E-state index is -0.115. The van der Waals surface area contributed by atoms with Crippen LogP contribution in [0.2, 0.25) is 0 Å². The molecule has 1 heterocycles. The van der Waals surface area contributed by atoms with Gasteiger partial charge in [0, 0.05) is 4.91 Å². The van der Waals surface area contributed by atoms with Gasteiger partial charge in [0.05, 0.1) is 25.9 Å². The summed E-state index contributed by atoms with van der Waals surface area (Å²) < 4.78 is 11.2. The molecule has 0 unspecified atom stereocenters. The molecule has 84 valence electrons. The maximum Gasteiger partial charge on any atom is 0.106 e. The van der Waals surface area contributed by atoms with Crippen LogP contribution in [0.5, 0.6) is 0 Å². The molecule has 1 aromatic carbocycles. The van der Waals surface area contributed by atoms with Crippen LogP contribution in [0.1, 0.15) is 11.7 Å². The van der Waals surface area contributed by atoms with Crippen molar-refractivity contribution in [1.82, 2.24) is 0 Å². The van der Waals surface area contributed by atoms with E-state index in [4.69, 9.17) is 15.0 Å². The molecule has 16 heavy (non-hydrogen) atoms. The fourth-order valence-corrected chi connectivity index (χ4v) is 1.64. The molecule has 1 aliphatic heterocycles. The molecule has 0 spiro atoms. The van der Waals surface area contributed by atoms with Gasteiger partial charge in [-0.3, -0.25) is 0 Å². The first-order valence-corrected chi connectivity index (χ1v) is 5.19. The van der Waals surface area contributed by atoms with Crippen molar-refractivity contribution in [3.8, 4) is 0 Å². The molecule has 5 heteroatoms. The van der Waals surface area contributed by atoms with Gasteiger partial charge in [-0.1, -0.05) is 35.4 Å². The zero-order valence-corrected chi connectivity index (χ0v) is 8.82. The third kappa shape index (κ3) is 2.73. The number of hydrogen-bond acceptors (Lipinski definition) is 3. The van der Waals surface area contributed by atoms with Crippen molar-refractivity contribution >= 4 is 0 Å². The Morgan fingerprint density at radius 1 is 1.25 bits per heavy atom. The lowest BCUT2D eigenvalue weighted by Gasteiger charge is -2.28. The fraction of sp³-hybridized carbons (Fsp3) is 0.455. The van der Waals surface area contributed by atoms with E-state index in [1.807, 2.05) is 30.3 Å². The van der Waals surface area contributed by atoms with Gasteiger partial charge in [0.2, 0.25) is 0 Å². The quantitative estimate of drug-likeness (QED) is 0.445. The average molecular weight is 219 g/mol. The molecule has 5 nitrogen and oxygen atoms in total. The zero-order valence-electron chi connectivity index (χ0n) is 8.82. The van der Waals surface area contributed by atoms with Gasteiger partial charge in [0.1, 0.15) is 6.10 Å². The topological polar surface area (TPSA) is 67.2 Å². The SMILES string of the molecule is [N-]=[N+]=NC[C@@H]1CO[C@@H](c2ccccc2)CO1. The van der Waals surface area contributed by atoms with E-state index in [1.165, 1.54) is 0 Å². The summed E-state index contributed by atoms with van der Waals surface area (Å²) in [7, 11) is 0. The van der Waals surface area contributed by atoms with E-state index in [9.17, 15) is 0 Å². The normalized spacial score (nSPS) is 24.8. The minimum absolute atomic E-state index is 0.0106. The summed E-state index contributed by atoms with van der Waals surface area (Å²) >= 11 is 0. The van der Waals surface area contributed by atoms with Crippen LogP contribution < -0.4 is 0 Å². The van der Waals surface area contributed by atoms with Crippen molar-refractivity contribution in [1.29, 1.82) is 0 Å². The maximum absolute atomic E-state index is 8.19. The molecular weight excluding hydrogens is 206 g/mol. The molecule has 0 aromatic heterocycles. The van der Waals surface area contributed by atoms with Crippen LogP contribution in [0.4, 0.5) is 0 Å². The Hall–Kier alpha value is -1.55. The average Bonchev–Trinajstić information content (AvgIpc) is 2.38. The second-order valence-electron chi connectivity index (χ2n) is 3.60. The van der Waals surface area contributed by atoms with Crippen molar-refractivity contribution in [2.24, 2.45) is 5.11 Å². The zero-order chi connectivity index (χ0) is 11.2. The van der Waals surface area contributed by atoms with Crippen LogP contribution in [0.15, 0.2) is 35.4 Å². The largest absolute Gasteiger partial charge is 0.373 e. The molecule has 1 aliphatic rings. The van der Waals surface area contributed by atoms with Crippen LogP contribution in [-0.2, 0) is 9.47 Å². The van der Waals surface area contributed by atoms with Gasteiger partial charge in [-0.05, 0) is 11.1 Å². The first-order valence-electron chi connectivity index (χ1n) is 5.19. The highest BCUT2D eigenvalue weighted by atomic mass is 16.6. The predicted molar refractivity (Wildman–Crippen MR) is 58.9 cm³/mol. The summed E-state index contributed by atoms with van der Waals surface area (Å²) in [6.07, 6.45) is -0.126. The summed E-state index contributed by atoms with van der Waals surface area (Å²) in [6.45, 7) is 1.31. The standard InChI is InChI=1S/C11H13N3O2/c12-14-13-6-10-7-16-11(8-15-10)9-4-2-1-3-5-9/h1-5,10-11H,6-8H2/t10-,11-/m1/s1. The molecule has 0 N–H and O–H groups in total. The van der Waals surface area contributed by atoms with E-state index in [-0.39, 0.29) is 12.2 Å². The van der Waals surface area contributed by atoms with Gasteiger partial charge in [-0.15, -0.1) is 0 Å². The van der Waals surface area contributed by atoms with Gasteiger partial charge in [-0.2, -0.15) is 0 Å². The van der Waals surface area contributed by atoms with Gasteiger partial charge in [0.15, 0.2) is 0 Å². The first kappa shape index (κ1) is 11.0. The van der Waals surface area contributed by atoms with Crippen molar-refractivity contribution < 1.29 is 9.47 Å². The lowest BCUT2D eigenvalue weighted by molar-refractivity contribution is -0.131. The van der Waals surface area contributed by atoms with Crippen LogP contribution in [-0.4, -0.2) is 25.9 Å². The maximum atomic E-state index is 8.19. The number of rotatable bonds is 3. The number of azide groups is 1. The third-order valence-corrected chi connectivity index (χ3v) is 2.49. The highest BCUT2D eigenvalue weighted by Gasteiger charge is 2.22. The molecule has 0 radical (unpaired) electrons. The summed E-state index contributed by atoms with van der Waals surface area (Å²) in [5, 5.41) is 3.47. The van der Waals surface area contributed by atoms with E-state index in [2.05, 4.69) is 10.0 Å². The summed E-state index contributed by atoms with van der Waals surface area (Å²) in [6, 6.07) is 9.96. The molecule has 1 aromatic rings. The molecule has 0 bridgehead atoms. The van der Waals surface area contributed by atoms with Crippen LogP contribution in [0.3, 0.4) is 0 Å². The van der Waals surface area contributed by atoms with Gasteiger partial charge >= 0.3 is 0 Å². The van der Waals surface area contributed by atoms with Crippen molar-refractivity contribution in [3.63, 3.8) is 0 Å². The van der Waals surface area contributed by atoms with Crippen LogP contribution in [0.25, 0.3) is 10.4 Å². The molecule has 1 fully saturated rings. The van der Waals surface area contributed by atoms with Gasteiger partial charge < -0.3 is 9.47 Å². The van der Waals surface area contributed by atoms with E-state index in [1.54, 1.807) is 0 Å². The monoisotopic (exact) mass is 219 g/mol. The molecule has 0 saturated carbocycles. The molecule has 2 rings (SSSR count). The van der Waals surface area contributed by atoms with Crippen molar-refractivity contribution in [2.45, 2.75) is 12.2 Å². The fourth-order valence-electron chi connectivity index (χ4n) is 1.64. The Morgan fingerprint density at radius 2 is 2.06 bits per heavy atom. The van der Waals surface area contributed by atoms with E-state index < -0.39 is 0 Å². The first-order chi connectivity index (χ1) is 7.90. The summed E-state index contributed by atoms with van der Waals surface area (Å²) in [5.74, 6) is 0. The van der Waals surface area contributed by atoms with Crippen LogP contribution in [0, 0.1) is 0 Å². The van der Waals surface area contributed by atoms with Gasteiger partial charge in [-0.25, -0.2) is 0 Å². The summed E-state index contributed by atoms with van der Waals surface area (Å²) in [5.41, 5.74) is 9.30. The van der Waals surface area contributed by atoms with Gasteiger partial charge in [0.25, 0.3) is 0 Å². The Kier molecular flexibility index (Phi) is 3.77. The van der Waals surface area contributed by atoms with E-state index in [0.29, 0.717) is 19.8 Å². The number of nitrogens with zero attached hydrogens (tertiary/aromatic N) is 3. The third-order valence-electron chi connectivity index (χ3n) is 2.49. The second-order valence-corrected chi connectivity index (χ2v) is 3.60. The van der Waals surface area contributed by atoms with Crippen LogP contribution >= 0.6 is 0 Å². The number of benzene rings is 1. The Balaban J connectivity index is 1.88. The lowest BCUT2D eigenvalue weighted by atomic mass is 10.1. The Morgan fingerprint density at radius 3 is 2.69 bits per heavy atom. The van der Waals surface area contributed by atoms with Crippen molar-refractivity contribution in [2.75, 3.05) is 19.8 Å². The molecule has 0 amide bonds. The second kappa shape index (κ2) is 5.51. The summed E-state index contributed by atoms with van der Waals surface area (Å²) in [4.78, 5) is 2.70. The predicted octanol–water partition coefficient (Wildman–Crippen LogP) is 2.45. The molecule has 0 aliphatic carbocycles. The minimum Gasteiger partial charge on any atom is -0.373 e. The molecular formula is C11H13N3O2. The lowest BCUT2D eigenvalue weighted by Crippen LogP contribution is -2.32. The van der Waals surface area contributed by atoms with E-state index in [0.717, 1.165) is 5.56 Å². The molecule has 2 atom stereocenters. The Bertz CT molecular complexity index is 368. The highest BCUT2D eigenvalue weighted by molar-refractivity contribution is 5.17.